The van der Waals surface area contributed by atoms with E-state index in [9.17, 15) is 9.18 Å². The number of nitrogens with two attached hydrogens (primary N) is 1. The molecule has 130 valence electrons. The highest BCUT2D eigenvalue weighted by Gasteiger charge is 2.28. The highest BCUT2D eigenvalue weighted by molar-refractivity contribution is 5.85. The molecule has 1 aliphatic heterocycles. The van der Waals surface area contributed by atoms with Crippen LogP contribution in [0.5, 0.6) is 0 Å². The van der Waals surface area contributed by atoms with Crippen molar-refractivity contribution in [3.05, 3.63) is 35.6 Å². The first-order valence-electron chi connectivity index (χ1n) is 7.61. The van der Waals surface area contributed by atoms with Gasteiger partial charge in [0.2, 0.25) is 5.91 Å². The average Bonchev–Trinajstić information content (AvgIpc) is 2.54. The maximum absolute atomic E-state index is 13.5. The predicted molar refractivity (Wildman–Crippen MR) is 89.9 cm³/mol. The van der Waals surface area contributed by atoms with Crippen LogP contribution >= 0.6 is 12.4 Å². The number of nitrogens with zero attached hydrogens (tertiary/aromatic N) is 1. The SMILES string of the molecule is COC1CCN(CC(=O)NCc2ccccc2F)C(CN)C1.Cl. The van der Waals surface area contributed by atoms with Crippen LogP contribution in [0.1, 0.15) is 18.4 Å². The molecule has 2 unspecified atom stereocenters. The number of carbonyl (C=O) groups excluding carboxylic acids is 1. The van der Waals surface area contributed by atoms with Gasteiger partial charge in [0.1, 0.15) is 5.82 Å². The van der Waals surface area contributed by atoms with E-state index >= 15 is 0 Å². The molecular weight excluding hydrogens is 321 g/mol. The van der Waals surface area contributed by atoms with E-state index in [0.29, 0.717) is 12.1 Å². The monoisotopic (exact) mass is 345 g/mol. The second kappa shape index (κ2) is 9.82. The minimum Gasteiger partial charge on any atom is -0.381 e. The molecule has 1 aromatic carbocycles. The normalized spacial score (nSPS) is 21.5. The molecule has 1 saturated heterocycles. The van der Waals surface area contributed by atoms with Gasteiger partial charge in [0.05, 0.1) is 12.6 Å². The lowest BCUT2D eigenvalue weighted by Crippen LogP contribution is -2.51. The van der Waals surface area contributed by atoms with E-state index in [0.717, 1.165) is 19.4 Å². The van der Waals surface area contributed by atoms with Gasteiger partial charge in [-0.25, -0.2) is 4.39 Å². The number of ether oxygens (including phenoxy) is 1. The van der Waals surface area contributed by atoms with E-state index in [1.165, 1.54) is 6.07 Å². The first-order chi connectivity index (χ1) is 10.6. The molecule has 7 heteroatoms. The van der Waals surface area contributed by atoms with Gasteiger partial charge in [0, 0.05) is 38.3 Å². The largest absolute Gasteiger partial charge is 0.381 e. The molecule has 0 aromatic heterocycles. The standard InChI is InChI=1S/C16H24FN3O2.ClH/c1-22-14-6-7-20(13(8-14)9-18)11-16(21)19-10-12-4-2-3-5-15(12)17;/h2-5,13-14H,6-11,18H2,1H3,(H,19,21);1H. The Balaban J connectivity index is 0.00000264. The molecule has 23 heavy (non-hydrogen) atoms. The summed E-state index contributed by atoms with van der Waals surface area (Å²) >= 11 is 0. The molecule has 1 amide bonds. The van der Waals surface area contributed by atoms with E-state index in [2.05, 4.69) is 10.2 Å². The molecule has 5 nitrogen and oxygen atoms in total. The van der Waals surface area contributed by atoms with Crippen molar-refractivity contribution in [2.24, 2.45) is 5.73 Å². The number of likely N-dealkylation sites (tertiary alicyclic amines) is 1. The number of amides is 1. The van der Waals surface area contributed by atoms with Crippen LogP contribution in [0.15, 0.2) is 24.3 Å². The maximum atomic E-state index is 13.5. The summed E-state index contributed by atoms with van der Waals surface area (Å²) in [5, 5.41) is 2.76. The van der Waals surface area contributed by atoms with E-state index < -0.39 is 0 Å². The third kappa shape index (κ3) is 5.73. The zero-order chi connectivity index (χ0) is 15.9. The Kier molecular flexibility index (Phi) is 8.47. The Bertz CT molecular complexity index is 504. The Morgan fingerprint density at radius 2 is 2.22 bits per heavy atom. The lowest BCUT2D eigenvalue weighted by molar-refractivity contribution is -0.124. The summed E-state index contributed by atoms with van der Waals surface area (Å²) in [6, 6.07) is 6.60. The molecule has 1 aromatic rings. The number of hydrogen-bond donors (Lipinski definition) is 2. The van der Waals surface area contributed by atoms with Crippen LogP contribution in [0, 0.1) is 5.82 Å². The maximum Gasteiger partial charge on any atom is 0.234 e. The van der Waals surface area contributed by atoms with E-state index in [1.807, 2.05) is 0 Å². The van der Waals surface area contributed by atoms with Crippen LogP contribution in [0.4, 0.5) is 4.39 Å². The number of rotatable bonds is 6. The van der Waals surface area contributed by atoms with Gasteiger partial charge < -0.3 is 15.8 Å². The number of piperidine rings is 1. The smallest absolute Gasteiger partial charge is 0.234 e. The van der Waals surface area contributed by atoms with Crippen molar-refractivity contribution in [2.45, 2.75) is 31.5 Å². The number of benzene rings is 1. The lowest BCUT2D eigenvalue weighted by atomic mass is 9.99. The molecule has 2 atom stereocenters. The first kappa shape index (κ1) is 19.8. The summed E-state index contributed by atoms with van der Waals surface area (Å²) < 4.78 is 18.9. The molecule has 1 heterocycles. The lowest BCUT2D eigenvalue weighted by Gasteiger charge is -2.37. The number of halogens is 2. The van der Waals surface area contributed by atoms with Gasteiger partial charge in [0.25, 0.3) is 0 Å². The summed E-state index contributed by atoms with van der Waals surface area (Å²) in [6.45, 7) is 1.77. The zero-order valence-corrected chi connectivity index (χ0v) is 14.2. The fourth-order valence-electron chi connectivity index (χ4n) is 2.81. The Morgan fingerprint density at radius 1 is 1.48 bits per heavy atom. The van der Waals surface area contributed by atoms with E-state index in [-0.39, 0.29) is 49.4 Å². The highest BCUT2D eigenvalue weighted by atomic mass is 35.5. The fourth-order valence-corrected chi connectivity index (χ4v) is 2.81. The van der Waals surface area contributed by atoms with Crippen molar-refractivity contribution in [3.63, 3.8) is 0 Å². The Morgan fingerprint density at radius 3 is 2.87 bits per heavy atom. The third-order valence-corrected chi connectivity index (χ3v) is 4.18. The van der Waals surface area contributed by atoms with Crippen molar-refractivity contribution in [3.8, 4) is 0 Å². The van der Waals surface area contributed by atoms with Gasteiger partial charge in [-0.1, -0.05) is 18.2 Å². The quantitative estimate of drug-likeness (QED) is 0.815. The molecular formula is C16H25ClFN3O2. The molecule has 0 bridgehead atoms. The molecule has 1 aliphatic rings. The van der Waals surface area contributed by atoms with Gasteiger partial charge >= 0.3 is 0 Å². The number of hydrogen-bond acceptors (Lipinski definition) is 4. The minimum absolute atomic E-state index is 0. The second-order valence-electron chi connectivity index (χ2n) is 5.61. The molecule has 0 aliphatic carbocycles. The van der Waals surface area contributed by atoms with Gasteiger partial charge in [-0.15, -0.1) is 12.4 Å². The van der Waals surface area contributed by atoms with Gasteiger partial charge in [-0.2, -0.15) is 0 Å². The predicted octanol–water partition coefficient (Wildman–Crippen LogP) is 1.30. The van der Waals surface area contributed by atoms with E-state index in [1.54, 1.807) is 25.3 Å². The number of carbonyl (C=O) groups is 1. The molecule has 1 fully saturated rings. The summed E-state index contributed by atoms with van der Waals surface area (Å²) in [5.41, 5.74) is 6.28. The first-order valence-corrected chi connectivity index (χ1v) is 7.61. The minimum atomic E-state index is -0.302. The van der Waals surface area contributed by atoms with Gasteiger partial charge in [-0.05, 0) is 18.9 Å². The van der Waals surface area contributed by atoms with Crippen LogP contribution in [0.2, 0.25) is 0 Å². The highest BCUT2D eigenvalue weighted by Crippen LogP contribution is 2.18. The van der Waals surface area contributed by atoms with Crippen molar-refractivity contribution in [2.75, 3.05) is 26.7 Å². The van der Waals surface area contributed by atoms with Crippen molar-refractivity contribution in [1.82, 2.24) is 10.2 Å². The molecule has 2 rings (SSSR count). The van der Waals surface area contributed by atoms with Crippen LogP contribution in [0.25, 0.3) is 0 Å². The average molecular weight is 346 g/mol. The van der Waals surface area contributed by atoms with Crippen LogP contribution in [-0.2, 0) is 16.1 Å². The summed E-state index contributed by atoms with van der Waals surface area (Å²) in [4.78, 5) is 14.1. The van der Waals surface area contributed by atoms with Crippen LogP contribution in [-0.4, -0.2) is 49.7 Å². The zero-order valence-electron chi connectivity index (χ0n) is 13.3. The fraction of sp³-hybridized carbons (Fsp3) is 0.562. The van der Waals surface area contributed by atoms with Crippen molar-refractivity contribution in [1.29, 1.82) is 0 Å². The van der Waals surface area contributed by atoms with Crippen molar-refractivity contribution < 1.29 is 13.9 Å². The van der Waals surface area contributed by atoms with E-state index in [4.69, 9.17) is 10.5 Å². The van der Waals surface area contributed by atoms with Gasteiger partial charge in [-0.3, -0.25) is 9.69 Å². The summed E-state index contributed by atoms with van der Waals surface area (Å²) in [5.74, 6) is -0.416. The Hall–Kier alpha value is -1.21. The Labute approximate surface area is 142 Å². The van der Waals surface area contributed by atoms with Crippen LogP contribution < -0.4 is 11.1 Å². The van der Waals surface area contributed by atoms with Gasteiger partial charge in [0.15, 0.2) is 0 Å². The van der Waals surface area contributed by atoms with Crippen molar-refractivity contribution >= 4 is 18.3 Å². The number of nitrogens with one attached hydrogen (secondary N) is 1. The molecule has 3 N–H and O–H groups in total. The number of methoxy groups -OCH3 is 1. The molecule has 0 saturated carbocycles. The summed E-state index contributed by atoms with van der Waals surface area (Å²) in [7, 11) is 1.70. The third-order valence-electron chi connectivity index (χ3n) is 4.18. The second-order valence-corrected chi connectivity index (χ2v) is 5.61. The summed E-state index contributed by atoms with van der Waals surface area (Å²) in [6.07, 6.45) is 1.95. The molecule has 0 spiro atoms. The van der Waals surface area contributed by atoms with Crippen LogP contribution in [0.3, 0.4) is 0 Å². The topological polar surface area (TPSA) is 67.6 Å². The molecule has 0 radical (unpaired) electrons.